The highest BCUT2D eigenvalue weighted by atomic mass is 35.5. The van der Waals surface area contributed by atoms with Crippen molar-refractivity contribution < 1.29 is 0 Å². The first-order valence-electron chi connectivity index (χ1n) is 4.84. The maximum absolute atomic E-state index is 5.90. The van der Waals surface area contributed by atoms with Crippen LogP contribution in [0.15, 0.2) is 18.3 Å². The highest BCUT2D eigenvalue weighted by Gasteiger charge is 2.01. The molecule has 14 heavy (non-hydrogen) atoms. The number of hydrogen-bond acceptors (Lipinski definition) is 1. The lowest BCUT2D eigenvalue weighted by atomic mass is 10.1. The molecule has 1 heterocycles. The van der Waals surface area contributed by atoms with Crippen LogP contribution in [0.3, 0.4) is 0 Å². The Morgan fingerprint density at radius 3 is 2.93 bits per heavy atom. The molecule has 1 unspecified atom stereocenters. The topological polar surface area (TPSA) is 12.9 Å². The third kappa shape index (κ3) is 4.83. The fourth-order valence-corrected chi connectivity index (χ4v) is 1.58. The molecule has 0 amide bonds. The summed E-state index contributed by atoms with van der Waals surface area (Å²) in [5.41, 5.74) is 1.29. The van der Waals surface area contributed by atoms with Crippen molar-refractivity contribution in [1.82, 2.24) is 4.98 Å². The van der Waals surface area contributed by atoms with Gasteiger partial charge in [-0.15, -0.1) is 23.2 Å². The van der Waals surface area contributed by atoms with Crippen LogP contribution in [-0.2, 0) is 6.42 Å². The maximum atomic E-state index is 5.90. The number of unbranched alkanes of at least 4 members (excludes halogenated alkanes) is 1. The summed E-state index contributed by atoms with van der Waals surface area (Å²) in [6.45, 7) is 0. The second kappa shape index (κ2) is 7.08. The minimum Gasteiger partial charge on any atom is -0.255 e. The van der Waals surface area contributed by atoms with Crippen molar-refractivity contribution in [2.24, 2.45) is 0 Å². The number of pyridine rings is 1. The molecule has 1 aromatic heterocycles. The summed E-state index contributed by atoms with van der Waals surface area (Å²) < 4.78 is 0. The molecule has 0 saturated heterocycles. The smallest absolute Gasteiger partial charge is 0.0888 e. The molecule has 0 bridgehead atoms. The van der Waals surface area contributed by atoms with Crippen LogP contribution < -0.4 is 0 Å². The van der Waals surface area contributed by atoms with E-state index in [9.17, 15) is 0 Å². The summed E-state index contributed by atoms with van der Waals surface area (Å²) in [7, 11) is 0. The van der Waals surface area contributed by atoms with Gasteiger partial charge in [0.1, 0.15) is 0 Å². The van der Waals surface area contributed by atoms with Gasteiger partial charge in [-0.25, -0.2) is 0 Å². The fourth-order valence-electron chi connectivity index (χ4n) is 1.27. The van der Waals surface area contributed by atoms with Crippen molar-refractivity contribution in [3.8, 4) is 0 Å². The van der Waals surface area contributed by atoms with E-state index in [2.05, 4.69) is 11.2 Å². The molecule has 77 valence electrons. The van der Waals surface area contributed by atoms with Gasteiger partial charge in [-0.05, 0) is 37.0 Å². The standard InChI is InChI=1S/C11H14Cl2N/c12-9-11(13)4-2-1-3-10-5-7-14-8-6-10/h5-7,11H,1-4,9H2. The predicted molar refractivity (Wildman–Crippen MR) is 61.0 cm³/mol. The minimum absolute atomic E-state index is 0.126. The molecule has 1 aromatic rings. The third-order valence-corrected chi connectivity index (χ3v) is 2.99. The number of aromatic nitrogens is 1. The van der Waals surface area contributed by atoms with Gasteiger partial charge < -0.3 is 0 Å². The quantitative estimate of drug-likeness (QED) is 0.539. The second-order valence-corrected chi connectivity index (χ2v) is 4.22. The molecule has 3 heteroatoms. The molecule has 0 fully saturated rings. The van der Waals surface area contributed by atoms with Crippen molar-refractivity contribution in [2.45, 2.75) is 31.1 Å². The Morgan fingerprint density at radius 2 is 2.29 bits per heavy atom. The number of alkyl halides is 2. The van der Waals surface area contributed by atoms with Gasteiger partial charge in [0, 0.05) is 17.5 Å². The molecule has 1 radical (unpaired) electrons. The largest absolute Gasteiger partial charge is 0.255 e. The van der Waals surface area contributed by atoms with Crippen LogP contribution in [0.25, 0.3) is 0 Å². The van der Waals surface area contributed by atoms with Gasteiger partial charge in [0.25, 0.3) is 0 Å². The number of aryl methyl sites for hydroxylation is 1. The fraction of sp³-hybridized carbons (Fsp3) is 0.545. The Balaban J connectivity index is 2.10. The number of nitrogens with zero attached hydrogens (tertiary/aromatic N) is 1. The van der Waals surface area contributed by atoms with Crippen molar-refractivity contribution in [1.29, 1.82) is 0 Å². The molecule has 1 atom stereocenters. The van der Waals surface area contributed by atoms with Gasteiger partial charge in [-0.3, -0.25) is 4.98 Å². The zero-order valence-electron chi connectivity index (χ0n) is 8.05. The molecule has 0 N–H and O–H groups in total. The van der Waals surface area contributed by atoms with Gasteiger partial charge >= 0.3 is 0 Å². The van der Waals surface area contributed by atoms with E-state index in [0.29, 0.717) is 5.88 Å². The number of halogens is 2. The van der Waals surface area contributed by atoms with Gasteiger partial charge in [-0.1, -0.05) is 6.42 Å². The second-order valence-electron chi connectivity index (χ2n) is 3.29. The Kier molecular flexibility index (Phi) is 5.97. The molecule has 0 spiro atoms. The van der Waals surface area contributed by atoms with Crippen LogP contribution in [0.5, 0.6) is 0 Å². The maximum Gasteiger partial charge on any atom is 0.0888 e. The van der Waals surface area contributed by atoms with Crippen LogP contribution in [0, 0.1) is 6.20 Å². The first-order valence-corrected chi connectivity index (χ1v) is 5.81. The van der Waals surface area contributed by atoms with Gasteiger partial charge in [0.2, 0.25) is 0 Å². The van der Waals surface area contributed by atoms with E-state index in [0.717, 1.165) is 25.7 Å². The number of hydrogen-bond donors (Lipinski definition) is 0. The molecule has 1 rings (SSSR count). The van der Waals surface area contributed by atoms with Gasteiger partial charge in [0.15, 0.2) is 0 Å². The van der Waals surface area contributed by atoms with E-state index >= 15 is 0 Å². The molecule has 0 saturated carbocycles. The Hall–Kier alpha value is -0.270. The lowest BCUT2D eigenvalue weighted by Crippen LogP contribution is -1.99. The van der Waals surface area contributed by atoms with E-state index in [1.807, 2.05) is 12.1 Å². The first-order chi connectivity index (χ1) is 6.83. The highest BCUT2D eigenvalue weighted by molar-refractivity contribution is 6.28. The summed E-state index contributed by atoms with van der Waals surface area (Å²) in [6, 6.07) is 3.95. The van der Waals surface area contributed by atoms with Crippen LogP contribution in [0.1, 0.15) is 24.8 Å². The summed E-state index contributed by atoms with van der Waals surface area (Å²) in [5.74, 6) is 0.546. The van der Waals surface area contributed by atoms with E-state index < -0.39 is 0 Å². The minimum atomic E-state index is 0.126. The van der Waals surface area contributed by atoms with Crippen molar-refractivity contribution in [3.63, 3.8) is 0 Å². The summed E-state index contributed by atoms with van der Waals surface area (Å²) in [6.07, 6.45) is 8.95. The normalized spacial score (nSPS) is 12.7. The van der Waals surface area contributed by atoms with E-state index in [-0.39, 0.29) is 5.38 Å². The van der Waals surface area contributed by atoms with E-state index in [1.165, 1.54) is 5.56 Å². The summed E-state index contributed by atoms with van der Waals surface area (Å²) in [5, 5.41) is 0.126. The Bertz CT molecular complexity index is 238. The monoisotopic (exact) mass is 230 g/mol. The molecule has 0 aliphatic carbocycles. The van der Waals surface area contributed by atoms with Crippen molar-refractivity contribution in [2.75, 3.05) is 5.88 Å². The molecule has 0 aliphatic rings. The third-order valence-electron chi connectivity index (χ3n) is 2.09. The Morgan fingerprint density at radius 1 is 1.43 bits per heavy atom. The van der Waals surface area contributed by atoms with Gasteiger partial charge in [0.05, 0.1) is 6.20 Å². The predicted octanol–water partition coefficient (Wildman–Crippen LogP) is 3.44. The zero-order valence-corrected chi connectivity index (χ0v) is 9.56. The average Bonchev–Trinajstić information content (AvgIpc) is 2.25. The molecular weight excluding hydrogens is 217 g/mol. The summed E-state index contributed by atoms with van der Waals surface area (Å²) >= 11 is 11.5. The van der Waals surface area contributed by atoms with E-state index in [1.54, 1.807) is 6.20 Å². The van der Waals surface area contributed by atoms with Crippen molar-refractivity contribution >= 4 is 23.2 Å². The molecule has 0 aromatic carbocycles. The average molecular weight is 231 g/mol. The molecular formula is C11H14Cl2N. The molecule has 0 aliphatic heterocycles. The lowest BCUT2D eigenvalue weighted by Gasteiger charge is -2.04. The first kappa shape index (κ1) is 11.8. The lowest BCUT2D eigenvalue weighted by molar-refractivity contribution is 0.673. The van der Waals surface area contributed by atoms with Crippen molar-refractivity contribution in [3.05, 3.63) is 30.1 Å². The molecule has 1 nitrogen and oxygen atoms in total. The van der Waals surface area contributed by atoms with Crippen LogP contribution in [0.4, 0.5) is 0 Å². The van der Waals surface area contributed by atoms with Gasteiger partial charge in [-0.2, -0.15) is 0 Å². The SMILES string of the molecule is ClCC(Cl)CCCCc1c[c]ncc1. The van der Waals surface area contributed by atoms with Crippen LogP contribution in [-0.4, -0.2) is 16.2 Å². The van der Waals surface area contributed by atoms with Crippen LogP contribution in [0.2, 0.25) is 0 Å². The highest BCUT2D eigenvalue weighted by Crippen LogP contribution is 2.11. The van der Waals surface area contributed by atoms with E-state index in [4.69, 9.17) is 23.2 Å². The van der Waals surface area contributed by atoms with Crippen LogP contribution >= 0.6 is 23.2 Å². The Labute approximate surface area is 95.4 Å². The summed E-state index contributed by atoms with van der Waals surface area (Å²) in [4.78, 5) is 3.85. The zero-order chi connectivity index (χ0) is 10.2. The number of rotatable bonds is 6.